The summed E-state index contributed by atoms with van der Waals surface area (Å²) in [6.07, 6.45) is 2.25. The molecule has 2 aromatic rings. The molecule has 138 valence electrons. The van der Waals surface area contributed by atoms with Crippen molar-refractivity contribution in [3.05, 3.63) is 47.5 Å². The van der Waals surface area contributed by atoms with E-state index in [4.69, 9.17) is 4.74 Å². The molecule has 1 aliphatic heterocycles. The van der Waals surface area contributed by atoms with Crippen molar-refractivity contribution >= 4 is 5.91 Å². The number of likely N-dealkylation sites (tertiary alicyclic amines) is 1. The van der Waals surface area contributed by atoms with Gasteiger partial charge >= 0.3 is 0 Å². The number of nitrogens with zero attached hydrogens (tertiary/aromatic N) is 3. The van der Waals surface area contributed by atoms with Gasteiger partial charge in [-0.3, -0.25) is 14.3 Å². The predicted molar refractivity (Wildman–Crippen MR) is 93.2 cm³/mol. The number of amides is 1. The van der Waals surface area contributed by atoms with E-state index in [0.29, 0.717) is 31.4 Å². The molecule has 0 spiro atoms. The number of carbonyl (C=O) groups is 1. The second-order valence-electron chi connectivity index (χ2n) is 7.15. The Labute approximate surface area is 151 Å². The summed E-state index contributed by atoms with van der Waals surface area (Å²) in [5.41, 5.74) is 1.02. The molecule has 1 saturated heterocycles. The van der Waals surface area contributed by atoms with E-state index < -0.39 is 6.67 Å². The molecule has 2 aliphatic rings. The summed E-state index contributed by atoms with van der Waals surface area (Å²) in [7, 11) is 0. The molecule has 4 rings (SSSR count). The number of hydrogen-bond acceptors (Lipinski definition) is 4. The van der Waals surface area contributed by atoms with Gasteiger partial charge in [-0.05, 0) is 18.4 Å². The summed E-state index contributed by atoms with van der Waals surface area (Å²) in [6.45, 7) is 0.780. The van der Waals surface area contributed by atoms with Crippen LogP contribution in [-0.4, -0.2) is 52.4 Å². The van der Waals surface area contributed by atoms with Crippen LogP contribution in [0.5, 0.6) is 0 Å². The molecule has 2 heterocycles. The Morgan fingerprint density at radius 2 is 2.08 bits per heavy atom. The highest BCUT2D eigenvalue weighted by molar-refractivity contribution is 5.77. The van der Waals surface area contributed by atoms with Gasteiger partial charge in [0.1, 0.15) is 12.4 Å². The average molecular weight is 358 g/mol. The van der Waals surface area contributed by atoms with Crippen molar-refractivity contribution in [3.8, 4) is 0 Å². The van der Waals surface area contributed by atoms with Crippen LogP contribution in [0.3, 0.4) is 0 Å². The van der Waals surface area contributed by atoms with Crippen LogP contribution in [-0.2, 0) is 16.1 Å². The maximum Gasteiger partial charge on any atom is 0.248 e. The zero-order chi connectivity index (χ0) is 17.9. The van der Waals surface area contributed by atoms with Gasteiger partial charge in [-0.2, -0.15) is 5.10 Å². The van der Waals surface area contributed by atoms with Crippen LogP contribution < -0.4 is 0 Å². The van der Waals surface area contributed by atoms with Crippen LogP contribution >= 0.6 is 0 Å². The molecule has 1 saturated carbocycles. The molecule has 1 amide bonds. The summed E-state index contributed by atoms with van der Waals surface area (Å²) in [4.78, 5) is 18.7. The lowest BCUT2D eigenvalue weighted by Gasteiger charge is -2.16. The first kappa shape index (κ1) is 17.1. The Morgan fingerprint density at radius 3 is 2.81 bits per heavy atom. The zero-order valence-electron chi connectivity index (χ0n) is 14.6. The molecule has 0 radical (unpaired) electrons. The van der Waals surface area contributed by atoms with Crippen molar-refractivity contribution in [3.63, 3.8) is 0 Å². The number of nitrogens with one attached hydrogen (secondary N) is 1. The third-order valence-electron chi connectivity index (χ3n) is 5.14. The van der Waals surface area contributed by atoms with Crippen LogP contribution in [0.1, 0.15) is 41.9 Å². The van der Waals surface area contributed by atoms with Gasteiger partial charge in [0.15, 0.2) is 5.82 Å². The molecule has 1 aliphatic carbocycles. The van der Waals surface area contributed by atoms with E-state index >= 15 is 0 Å². The number of aromatic amines is 1. The minimum absolute atomic E-state index is 0.00431. The summed E-state index contributed by atoms with van der Waals surface area (Å²) in [6, 6.07) is 9.72. The number of aromatic nitrogens is 3. The highest BCUT2D eigenvalue weighted by Gasteiger charge is 2.39. The topological polar surface area (TPSA) is 71.1 Å². The third kappa shape index (κ3) is 3.77. The number of ether oxygens (including phenoxy) is 1. The quantitative estimate of drug-likeness (QED) is 0.825. The normalized spacial score (nSPS) is 22.7. The molecular weight excluding hydrogens is 335 g/mol. The zero-order valence-corrected chi connectivity index (χ0v) is 14.6. The standard InChI is InChI=1S/C19H23FN4O2/c20-8-15-9-24(17(25)12-26-11-13-4-2-1-3-5-13)10-16(15)19-21-18(22-23-19)14-6-7-14/h1-5,14-16H,6-12H2,(H,21,22,23)/t15-,16-/m1/s1. The van der Waals surface area contributed by atoms with E-state index in [9.17, 15) is 9.18 Å². The van der Waals surface area contributed by atoms with E-state index in [-0.39, 0.29) is 24.3 Å². The van der Waals surface area contributed by atoms with Gasteiger partial charge in [0, 0.05) is 30.8 Å². The van der Waals surface area contributed by atoms with Gasteiger partial charge in [-0.25, -0.2) is 4.98 Å². The highest BCUT2D eigenvalue weighted by Crippen LogP contribution is 2.39. The third-order valence-corrected chi connectivity index (χ3v) is 5.14. The van der Waals surface area contributed by atoms with Crippen LogP contribution in [0.2, 0.25) is 0 Å². The molecule has 1 aromatic heterocycles. The first-order chi connectivity index (χ1) is 12.7. The summed E-state index contributed by atoms with van der Waals surface area (Å²) in [5, 5.41) is 7.22. The Hall–Kier alpha value is -2.28. The van der Waals surface area contributed by atoms with Crippen molar-refractivity contribution in [2.24, 2.45) is 5.92 Å². The summed E-state index contributed by atoms with van der Waals surface area (Å²) in [5.74, 6) is 1.51. The molecule has 2 atom stereocenters. The van der Waals surface area contributed by atoms with Gasteiger partial charge in [0.05, 0.1) is 13.3 Å². The van der Waals surface area contributed by atoms with Crippen LogP contribution in [0.4, 0.5) is 4.39 Å². The van der Waals surface area contributed by atoms with Crippen molar-refractivity contribution < 1.29 is 13.9 Å². The predicted octanol–water partition coefficient (Wildman–Crippen LogP) is 2.41. The van der Waals surface area contributed by atoms with Crippen LogP contribution in [0, 0.1) is 5.92 Å². The summed E-state index contributed by atoms with van der Waals surface area (Å²) < 4.78 is 19.0. The molecule has 0 unspecified atom stereocenters. The first-order valence-corrected chi connectivity index (χ1v) is 9.12. The monoisotopic (exact) mass is 358 g/mol. The fourth-order valence-electron chi connectivity index (χ4n) is 3.44. The summed E-state index contributed by atoms with van der Waals surface area (Å²) >= 11 is 0. The second-order valence-corrected chi connectivity index (χ2v) is 7.15. The number of H-pyrrole nitrogens is 1. The average Bonchev–Trinajstić information content (AvgIpc) is 3.24. The van der Waals surface area contributed by atoms with Gasteiger partial charge in [0.25, 0.3) is 0 Å². The highest BCUT2D eigenvalue weighted by atomic mass is 19.1. The van der Waals surface area contributed by atoms with E-state index in [0.717, 1.165) is 24.2 Å². The Balaban J connectivity index is 1.32. The molecule has 1 N–H and O–H groups in total. The van der Waals surface area contributed by atoms with Crippen molar-refractivity contribution in [2.75, 3.05) is 26.4 Å². The van der Waals surface area contributed by atoms with E-state index in [1.54, 1.807) is 4.90 Å². The first-order valence-electron chi connectivity index (χ1n) is 9.12. The number of carbonyl (C=O) groups excluding carboxylic acids is 1. The van der Waals surface area contributed by atoms with E-state index in [1.807, 2.05) is 30.3 Å². The molecule has 2 fully saturated rings. The SMILES string of the molecule is O=C(COCc1ccccc1)N1C[C@@H](CF)[C@H](c2nc(C3CC3)n[nH]2)C1. The number of rotatable bonds is 7. The lowest BCUT2D eigenvalue weighted by Crippen LogP contribution is -2.32. The Kier molecular flexibility index (Phi) is 4.97. The van der Waals surface area contributed by atoms with Crippen molar-refractivity contribution in [1.29, 1.82) is 0 Å². The maximum atomic E-state index is 13.5. The minimum Gasteiger partial charge on any atom is -0.367 e. The van der Waals surface area contributed by atoms with Gasteiger partial charge in [-0.15, -0.1) is 0 Å². The largest absolute Gasteiger partial charge is 0.367 e. The Morgan fingerprint density at radius 1 is 1.27 bits per heavy atom. The van der Waals surface area contributed by atoms with E-state index in [1.165, 1.54) is 0 Å². The van der Waals surface area contributed by atoms with Gasteiger partial charge < -0.3 is 9.64 Å². The Bertz CT molecular complexity index is 747. The molecule has 26 heavy (non-hydrogen) atoms. The second kappa shape index (κ2) is 7.53. The van der Waals surface area contributed by atoms with E-state index in [2.05, 4.69) is 15.2 Å². The molecule has 0 bridgehead atoms. The lowest BCUT2D eigenvalue weighted by molar-refractivity contribution is -0.135. The smallest absolute Gasteiger partial charge is 0.248 e. The molecule has 1 aromatic carbocycles. The molecule has 6 nitrogen and oxygen atoms in total. The van der Waals surface area contributed by atoms with Crippen LogP contribution in [0.15, 0.2) is 30.3 Å². The number of alkyl halides is 1. The van der Waals surface area contributed by atoms with Gasteiger partial charge in [-0.1, -0.05) is 30.3 Å². The number of halogens is 1. The fraction of sp³-hybridized carbons (Fsp3) is 0.526. The van der Waals surface area contributed by atoms with Crippen LogP contribution in [0.25, 0.3) is 0 Å². The number of hydrogen-bond donors (Lipinski definition) is 1. The number of benzene rings is 1. The molecular formula is C19H23FN4O2. The minimum atomic E-state index is -0.473. The van der Waals surface area contributed by atoms with Gasteiger partial charge in [0.2, 0.25) is 5.91 Å². The van der Waals surface area contributed by atoms with Crippen molar-refractivity contribution in [1.82, 2.24) is 20.1 Å². The van der Waals surface area contributed by atoms with Crippen molar-refractivity contribution in [2.45, 2.75) is 31.3 Å². The lowest BCUT2D eigenvalue weighted by atomic mass is 9.97. The maximum absolute atomic E-state index is 13.5. The molecule has 7 heteroatoms. The fourth-order valence-corrected chi connectivity index (χ4v) is 3.44.